The normalized spacial score (nSPS) is 14.2. The fourth-order valence-electron chi connectivity index (χ4n) is 6.78. The third-order valence-electron chi connectivity index (χ3n) is 8.58. The Hall–Kier alpha value is -5.40. The van der Waals surface area contributed by atoms with Crippen LogP contribution < -0.4 is 10.4 Å². The van der Waals surface area contributed by atoms with E-state index in [2.05, 4.69) is 0 Å². The molecule has 0 aromatic heterocycles. The van der Waals surface area contributed by atoms with Gasteiger partial charge in [-0.25, -0.2) is 26.3 Å². The predicted octanol–water partition coefficient (Wildman–Crippen LogP) is 9.40. The van der Waals surface area contributed by atoms with Crippen LogP contribution in [0.2, 0.25) is 0 Å². The topological polar surface area (TPSA) is 0 Å². The van der Waals surface area contributed by atoms with Crippen LogP contribution in [-0.2, 0) is 0 Å². The smallest absolute Gasteiger partial charge is 0.194 e. The van der Waals surface area contributed by atoms with Crippen LogP contribution in [0.4, 0.5) is 26.3 Å². The molecule has 0 atom stereocenters. The van der Waals surface area contributed by atoms with E-state index in [4.69, 9.17) is 0 Å². The van der Waals surface area contributed by atoms with Crippen molar-refractivity contribution in [1.29, 1.82) is 0 Å². The van der Waals surface area contributed by atoms with Gasteiger partial charge < -0.3 is 0 Å². The van der Waals surface area contributed by atoms with E-state index in [-0.39, 0.29) is 11.1 Å². The summed E-state index contributed by atoms with van der Waals surface area (Å²) in [6, 6.07) is 40.6. The Morgan fingerprint density at radius 3 is 0.894 bits per heavy atom. The van der Waals surface area contributed by atoms with E-state index in [0.717, 1.165) is 34.6 Å². The molecule has 1 aliphatic rings. The van der Waals surface area contributed by atoms with Gasteiger partial charge in [-0.15, -0.1) is 0 Å². The van der Waals surface area contributed by atoms with Crippen LogP contribution in [0.25, 0.3) is 21.5 Å². The van der Waals surface area contributed by atoms with E-state index in [1.165, 1.54) is 0 Å². The summed E-state index contributed by atoms with van der Waals surface area (Å²) in [6.45, 7) is 0. The summed E-state index contributed by atoms with van der Waals surface area (Å²) in [5, 5.41) is 2.42. The summed E-state index contributed by atoms with van der Waals surface area (Å²) >= 11 is 0. The highest BCUT2D eigenvalue weighted by atomic mass is 28.3. The van der Waals surface area contributed by atoms with E-state index in [1.807, 2.05) is 121 Å². The van der Waals surface area contributed by atoms with E-state index in [9.17, 15) is 8.78 Å². The molecular formula is C40H24F6Si. The Morgan fingerprint density at radius 1 is 0.319 bits per heavy atom. The average molecular weight is 647 g/mol. The van der Waals surface area contributed by atoms with Crippen LogP contribution in [0.15, 0.2) is 146 Å². The molecule has 230 valence electrons. The van der Waals surface area contributed by atoms with Crippen LogP contribution >= 0.6 is 0 Å². The van der Waals surface area contributed by atoms with Gasteiger partial charge in [-0.3, -0.25) is 0 Å². The zero-order chi connectivity index (χ0) is 32.7. The lowest BCUT2D eigenvalue weighted by atomic mass is 9.89. The molecule has 0 saturated carbocycles. The summed E-state index contributed by atoms with van der Waals surface area (Å²) in [4.78, 5) is 0. The monoisotopic (exact) mass is 646 g/mol. The van der Waals surface area contributed by atoms with Crippen LogP contribution in [-0.4, -0.2) is 8.07 Å². The zero-order valence-electron chi connectivity index (χ0n) is 24.6. The quantitative estimate of drug-likeness (QED) is 0.0961. The van der Waals surface area contributed by atoms with Crippen LogP contribution in [0.5, 0.6) is 0 Å². The minimum absolute atomic E-state index is 0.0751. The number of hydrogen-bond acceptors (Lipinski definition) is 0. The van der Waals surface area contributed by atoms with Gasteiger partial charge in [0.15, 0.2) is 43.0 Å². The maximum absolute atomic E-state index is 15.3. The van der Waals surface area contributed by atoms with E-state index >= 15 is 17.6 Å². The van der Waals surface area contributed by atoms with Crippen molar-refractivity contribution >= 4 is 40.0 Å². The molecule has 0 spiro atoms. The molecule has 0 N–H and O–H groups in total. The Labute approximate surface area is 268 Å². The minimum atomic E-state index is -3.90. The Morgan fingerprint density at radius 2 is 0.596 bits per heavy atom. The SMILES string of the molecule is Fc1cc(C2=C(c3ccccc3)C(c3ccccc3)=C(c3cc(F)c(F)c(F)c3)[Si]2(c2ccccc2)c2ccccc2)cc(F)c1F. The highest BCUT2D eigenvalue weighted by Gasteiger charge is 2.53. The molecule has 1 heterocycles. The third-order valence-corrected chi connectivity index (χ3v) is 13.6. The summed E-state index contributed by atoms with van der Waals surface area (Å²) in [5.74, 6) is -8.73. The van der Waals surface area contributed by atoms with Gasteiger partial charge in [0, 0.05) is 0 Å². The van der Waals surface area contributed by atoms with Crippen LogP contribution in [0, 0.1) is 34.9 Å². The van der Waals surface area contributed by atoms with Crippen LogP contribution in [0.3, 0.4) is 0 Å². The highest BCUT2D eigenvalue weighted by molar-refractivity contribution is 7.29. The van der Waals surface area contributed by atoms with Crippen molar-refractivity contribution in [2.45, 2.75) is 0 Å². The maximum Gasteiger partial charge on any atom is 0.194 e. The molecular weight excluding hydrogens is 623 g/mol. The maximum atomic E-state index is 15.3. The van der Waals surface area contributed by atoms with Gasteiger partial charge in [-0.1, -0.05) is 121 Å². The molecule has 1 aliphatic heterocycles. The number of benzene rings is 6. The molecule has 0 saturated heterocycles. The molecule has 0 aliphatic carbocycles. The molecule has 0 unspecified atom stereocenters. The molecule has 0 fully saturated rings. The fraction of sp³-hybridized carbons (Fsp3) is 0. The van der Waals surface area contributed by atoms with Crippen molar-refractivity contribution in [3.05, 3.63) is 203 Å². The lowest BCUT2D eigenvalue weighted by Crippen LogP contribution is -2.59. The van der Waals surface area contributed by atoms with Gasteiger partial charge in [-0.05, 0) is 78.4 Å². The molecule has 6 aromatic carbocycles. The van der Waals surface area contributed by atoms with E-state index in [0.29, 0.717) is 32.7 Å². The lowest BCUT2D eigenvalue weighted by molar-refractivity contribution is 0.447. The third kappa shape index (κ3) is 4.94. The van der Waals surface area contributed by atoms with Crippen molar-refractivity contribution < 1.29 is 26.3 Å². The Kier molecular flexibility index (Phi) is 7.78. The summed E-state index contributed by atoms with van der Waals surface area (Å²) in [7, 11) is -3.90. The largest absolute Gasteiger partial charge is 0.204 e. The van der Waals surface area contributed by atoms with Crippen molar-refractivity contribution in [2.75, 3.05) is 0 Å². The fourth-order valence-corrected chi connectivity index (χ4v) is 12.3. The minimum Gasteiger partial charge on any atom is -0.204 e. The van der Waals surface area contributed by atoms with Gasteiger partial charge in [-0.2, -0.15) is 0 Å². The summed E-state index contributed by atoms with van der Waals surface area (Å²) in [6.07, 6.45) is 0. The number of allylic oxidation sites excluding steroid dienone is 2. The average Bonchev–Trinajstić information content (AvgIpc) is 3.43. The number of rotatable bonds is 6. The second kappa shape index (κ2) is 12.1. The Bertz CT molecular complexity index is 1970. The molecule has 0 bridgehead atoms. The molecule has 0 amide bonds. The van der Waals surface area contributed by atoms with Gasteiger partial charge in [0.25, 0.3) is 0 Å². The van der Waals surface area contributed by atoms with Crippen molar-refractivity contribution in [3.63, 3.8) is 0 Å². The van der Waals surface area contributed by atoms with Crippen molar-refractivity contribution in [2.24, 2.45) is 0 Å². The van der Waals surface area contributed by atoms with Crippen molar-refractivity contribution in [3.8, 4) is 0 Å². The van der Waals surface area contributed by atoms with Gasteiger partial charge >= 0.3 is 0 Å². The first-order chi connectivity index (χ1) is 22.8. The summed E-state index contributed by atoms with van der Waals surface area (Å²) < 4.78 is 90.3. The molecule has 0 nitrogen and oxygen atoms in total. The Balaban J connectivity index is 1.81. The highest BCUT2D eigenvalue weighted by Crippen LogP contribution is 2.55. The second-order valence-electron chi connectivity index (χ2n) is 11.2. The molecule has 7 heteroatoms. The van der Waals surface area contributed by atoms with Crippen LogP contribution in [0.1, 0.15) is 22.3 Å². The lowest BCUT2D eigenvalue weighted by Gasteiger charge is -2.36. The first-order valence-corrected chi connectivity index (χ1v) is 16.8. The van der Waals surface area contributed by atoms with Gasteiger partial charge in [0.2, 0.25) is 0 Å². The molecule has 6 aromatic rings. The van der Waals surface area contributed by atoms with Gasteiger partial charge in [0.1, 0.15) is 0 Å². The first-order valence-electron chi connectivity index (χ1n) is 14.8. The molecule has 0 radical (unpaired) electrons. The first kappa shape index (κ1) is 30.3. The number of halogens is 6. The van der Waals surface area contributed by atoms with Crippen molar-refractivity contribution in [1.82, 2.24) is 0 Å². The number of hydrogen-bond donors (Lipinski definition) is 0. The zero-order valence-corrected chi connectivity index (χ0v) is 25.6. The van der Waals surface area contributed by atoms with E-state index in [1.54, 1.807) is 0 Å². The van der Waals surface area contributed by atoms with E-state index < -0.39 is 43.0 Å². The molecule has 47 heavy (non-hydrogen) atoms. The van der Waals surface area contributed by atoms with Gasteiger partial charge in [0.05, 0.1) is 0 Å². The molecule has 7 rings (SSSR count). The second-order valence-corrected chi connectivity index (χ2v) is 14.9. The predicted molar refractivity (Wildman–Crippen MR) is 177 cm³/mol. The standard InChI is InChI=1S/C40H24F6Si/c41-31-21-27(22-32(42)37(31)45)39-35(25-13-5-1-6-14-25)36(26-15-7-2-8-16-26)40(28-23-33(43)38(46)34(44)24-28)47(39,29-17-9-3-10-18-29)30-19-11-4-12-20-30/h1-24H. The summed E-state index contributed by atoms with van der Waals surface area (Å²) in [5.41, 5.74) is 2.59.